The molecule has 3 aromatic rings. The maximum Gasteiger partial charge on any atom is 0.328 e. The second-order valence-electron chi connectivity index (χ2n) is 12.6. The summed E-state index contributed by atoms with van der Waals surface area (Å²) in [5.41, 5.74) is 1.37. The fraction of sp³-hybridized carbons (Fsp3) is 0.432. The number of carboxylic acid groups (broad SMARTS) is 1. The molecule has 0 bridgehead atoms. The van der Waals surface area contributed by atoms with E-state index in [2.05, 4.69) is 29.4 Å². The number of aliphatic hydroxyl groups is 1. The number of hydrogen-bond acceptors (Lipinski definition) is 9. The fourth-order valence-electron chi connectivity index (χ4n) is 6.31. The van der Waals surface area contributed by atoms with Gasteiger partial charge in [-0.1, -0.05) is 88.1 Å². The Hall–Kier alpha value is -4.07. The lowest BCUT2D eigenvalue weighted by molar-refractivity contribution is -0.143. The summed E-state index contributed by atoms with van der Waals surface area (Å²) in [6.45, 7) is 3.39. The number of aliphatic carboxylic acids is 1. The zero-order valence-electron chi connectivity index (χ0n) is 28.8. The topological polar surface area (TPSA) is 162 Å². The largest absolute Gasteiger partial charge is 0.483 e. The summed E-state index contributed by atoms with van der Waals surface area (Å²) in [6, 6.07) is 18.5. The minimum Gasteiger partial charge on any atom is -0.483 e. The second-order valence-corrected chi connectivity index (χ2v) is 15.4. The fourth-order valence-corrected chi connectivity index (χ4v) is 8.98. The molecule has 3 aromatic carbocycles. The van der Waals surface area contributed by atoms with Gasteiger partial charge in [0.15, 0.2) is 16.4 Å². The molecule has 2 amide bonds. The van der Waals surface area contributed by atoms with Crippen LogP contribution in [0.5, 0.6) is 5.75 Å². The van der Waals surface area contributed by atoms with Crippen molar-refractivity contribution in [3.63, 3.8) is 0 Å². The van der Waals surface area contributed by atoms with Gasteiger partial charge in [-0.15, -0.1) is 11.8 Å². The molecule has 0 fully saturated rings. The highest BCUT2D eigenvalue weighted by atomic mass is 32.2. The molecule has 4 N–H and O–H groups in total. The Morgan fingerprint density at radius 1 is 0.960 bits per heavy atom. The number of nitrogens with zero attached hydrogens (tertiary/aromatic N) is 1. The third-order valence-electron chi connectivity index (χ3n) is 8.91. The van der Waals surface area contributed by atoms with Gasteiger partial charge in [0.05, 0.1) is 27.8 Å². The number of aliphatic hydroxyl groups excluding tert-OH is 1. The quantitative estimate of drug-likeness (QED) is 0.131. The van der Waals surface area contributed by atoms with Crippen molar-refractivity contribution in [2.75, 3.05) is 36.7 Å². The Labute approximate surface area is 298 Å². The van der Waals surface area contributed by atoms with E-state index in [-0.39, 0.29) is 16.4 Å². The van der Waals surface area contributed by atoms with Crippen LogP contribution in [0.25, 0.3) is 0 Å². The molecular formula is C37H47N3O8S2. The number of nitrogens with one attached hydrogen (secondary N) is 2. The van der Waals surface area contributed by atoms with Gasteiger partial charge in [0, 0.05) is 23.7 Å². The van der Waals surface area contributed by atoms with Crippen molar-refractivity contribution in [2.24, 2.45) is 5.41 Å². The summed E-state index contributed by atoms with van der Waals surface area (Å²) in [6.07, 6.45) is 7.14. The first-order chi connectivity index (χ1) is 24.0. The van der Waals surface area contributed by atoms with Gasteiger partial charge in [-0.05, 0) is 42.9 Å². The first-order valence-electron chi connectivity index (χ1n) is 16.9. The molecule has 1 aliphatic rings. The number of para-hydroxylation sites is 1. The molecule has 0 saturated heterocycles. The van der Waals surface area contributed by atoms with Crippen molar-refractivity contribution < 1.29 is 37.8 Å². The van der Waals surface area contributed by atoms with Gasteiger partial charge in [-0.3, -0.25) is 9.59 Å². The summed E-state index contributed by atoms with van der Waals surface area (Å²) < 4.78 is 34.7. The van der Waals surface area contributed by atoms with Crippen LogP contribution in [0.4, 0.5) is 11.4 Å². The number of thioether (sulfide) groups is 1. The van der Waals surface area contributed by atoms with E-state index in [1.165, 1.54) is 17.8 Å². The van der Waals surface area contributed by atoms with Crippen LogP contribution in [0.15, 0.2) is 82.6 Å². The number of rotatable bonds is 17. The minimum absolute atomic E-state index is 0.00603. The Balaban J connectivity index is 1.68. The maximum absolute atomic E-state index is 14.4. The standard InChI is InChI=1S/C37H47N3O8S2/c1-4-6-18-37(19-7-5-2)24-40(27-16-12-9-13-17-27)29-20-31(49-3)30(21-32(29)50(46,47)25-37)48-23-33(42)39-34(26-14-10-8-11-15-26)35(43)38-28(22-41)36(44)45/h8-17,20-21,28,34,41H,4-7,18-19,22-25H2,1-3H3,(H,38,43)(H,39,42)(H,44,45). The van der Waals surface area contributed by atoms with Crippen molar-refractivity contribution in [3.8, 4) is 5.75 Å². The van der Waals surface area contributed by atoms with E-state index < -0.39 is 58.3 Å². The molecule has 0 radical (unpaired) electrons. The summed E-state index contributed by atoms with van der Waals surface area (Å²) in [5.74, 6) is -2.75. The molecule has 270 valence electrons. The molecule has 0 spiro atoms. The molecule has 0 saturated carbocycles. The van der Waals surface area contributed by atoms with E-state index in [1.807, 2.05) is 42.7 Å². The molecule has 4 rings (SSSR count). The van der Waals surface area contributed by atoms with E-state index in [1.54, 1.807) is 30.3 Å². The van der Waals surface area contributed by atoms with Crippen LogP contribution in [0, 0.1) is 5.41 Å². The molecule has 1 heterocycles. The van der Waals surface area contributed by atoms with Gasteiger partial charge in [-0.2, -0.15) is 0 Å². The van der Waals surface area contributed by atoms with Gasteiger partial charge in [0.25, 0.3) is 5.91 Å². The second kappa shape index (κ2) is 17.7. The van der Waals surface area contributed by atoms with Crippen LogP contribution in [0.2, 0.25) is 0 Å². The predicted octanol–water partition coefficient (Wildman–Crippen LogP) is 5.50. The molecule has 0 aliphatic carbocycles. The highest BCUT2D eigenvalue weighted by Gasteiger charge is 2.42. The number of anilines is 2. The smallest absolute Gasteiger partial charge is 0.328 e. The Morgan fingerprint density at radius 2 is 1.58 bits per heavy atom. The Kier molecular flexibility index (Phi) is 13.7. The van der Waals surface area contributed by atoms with E-state index in [0.29, 0.717) is 22.7 Å². The highest BCUT2D eigenvalue weighted by molar-refractivity contribution is 7.98. The molecular weight excluding hydrogens is 679 g/mol. The van der Waals surface area contributed by atoms with Crippen LogP contribution < -0.4 is 20.3 Å². The van der Waals surface area contributed by atoms with Crippen LogP contribution in [0.1, 0.15) is 64.0 Å². The Morgan fingerprint density at radius 3 is 2.14 bits per heavy atom. The van der Waals surface area contributed by atoms with E-state index in [0.717, 1.165) is 44.2 Å². The lowest BCUT2D eigenvalue weighted by Crippen LogP contribution is -2.49. The SMILES string of the molecule is CCCCC1(CCCC)CN(c2ccccc2)c2cc(SC)c(OCC(=O)NC(C(=O)NC(CO)C(=O)O)c3ccccc3)cc2S(=O)(=O)C1. The van der Waals surface area contributed by atoms with Gasteiger partial charge >= 0.3 is 5.97 Å². The number of sulfone groups is 1. The molecule has 1 aliphatic heterocycles. The number of hydrogen-bond donors (Lipinski definition) is 4. The third kappa shape index (κ3) is 9.58. The number of fused-ring (bicyclic) bond motifs is 1. The summed E-state index contributed by atoms with van der Waals surface area (Å²) >= 11 is 1.36. The molecule has 13 heteroatoms. The van der Waals surface area contributed by atoms with Gasteiger partial charge in [0.1, 0.15) is 17.8 Å². The zero-order chi connectivity index (χ0) is 36.3. The lowest BCUT2D eigenvalue weighted by atomic mass is 9.79. The van der Waals surface area contributed by atoms with Crippen LogP contribution in [-0.2, 0) is 24.2 Å². The van der Waals surface area contributed by atoms with E-state index >= 15 is 0 Å². The predicted molar refractivity (Wildman–Crippen MR) is 195 cm³/mol. The number of amides is 2. The molecule has 50 heavy (non-hydrogen) atoms. The summed E-state index contributed by atoms with van der Waals surface area (Å²) in [5, 5.41) is 23.6. The highest BCUT2D eigenvalue weighted by Crippen LogP contribution is 2.47. The minimum atomic E-state index is -3.81. The number of carboxylic acids is 1. The molecule has 2 atom stereocenters. The number of ether oxygens (including phenoxy) is 1. The first kappa shape index (κ1) is 38.7. The summed E-state index contributed by atoms with van der Waals surface area (Å²) in [4.78, 5) is 40.7. The molecule has 2 unspecified atom stereocenters. The van der Waals surface area contributed by atoms with Gasteiger partial charge < -0.3 is 30.5 Å². The van der Waals surface area contributed by atoms with Crippen LogP contribution in [-0.4, -0.2) is 74.2 Å². The maximum atomic E-state index is 14.4. The number of carbonyl (C=O) groups is 3. The zero-order valence-corrected chi connectivity index (χ0v) is 30.4. The monoisotopic (exact) mass is 725 g/mol. The molecule has 0 aromatic heterocycles. The van der Waals surface area contributed by atoms with Crippen molar-refractivity contribution >= 4 is 50.8 Å². The van der Waals surface area contributed by atoms with E-state index in [9.17, 15) is 33.0 Å². The Bertz CT molecular complexity index is 1710. The molecule has 11 nitrogen and oxygen atoms in total. The van der Waals surface area contributed by atoms with E-state index in [4.69, 9.17) is 4.74 Å². The van der Waals surface area contributed by atoms with Crippen LogP contribution >= 0.6 is 11.8 Å². The average Bonchev–Trinajstić information content (AvgIpc) is 3.21. The number of unbranched alkanes of at least 4 members (excludes halogenated alkanes) is 2. The van der Waals surface area contributed by atoms with Crippen LogP contribution in [0.3, 0.4) is 0 Å². The summed E-state index contributed by atoms with van der Waals surface area (Å²) in [7, 11) is -3.81. The first-order valence-corrected chi connectivity index (χ1v) is 19.7. The number of carbonyl (C=O) groups excluding carboxylic acids is 2. The van der Waals surface area contributed by atoms with Crippen molar-refractivity contribution in [1.82, 2.24) is 10.6 Å². The average molecular weight is 726 g/mol. The third-order valence-corrected chi connectivity index (χ3v) is 11.7. The van der Waals surface area contributed by atoms with Gasteiger partial charge in [-0.25, -0.2) is 13.2 Å². The van der Waals surface area contributed by atoms with Gasteiger partial charge in [0.2, 0.25) is 5.91 Å². The normalized spacial score (nSPS) is 16.0. The number of benzene rings is 3. The van der Waals surface area contributed by atoms with Crippen molar-refractivity contribution in [1.29, 1.82) is 0 Å². The van der Waals surface area contributed by atoms with Crippen molar-refractivity contribution in [2.45, 2.75) is 74.2 Å². The van der Waals surface area contributed by atoms with Crippen molar-refractivity contribution in [3.05, 3.63) is 78.4 Å². The lowest BCUT2D eigenvalue weighted by Gasteiger charge is -2.37.